The quantitative estimate of drug-likeness (QED) is 0.915. The van der Waals surface area contributed by atoms with Crippen LogP contribution >= 0.6 is 0 Å². The summed E-state index contributed by atoms with van der Waals surface area (Å²) in [5, 5.41) is 0. The number of rotatable bonds is 5. The van der Waals surface area contributed by atoms with Crippen molar-refractivity contribution in [2.45, 2.75) is 26.4 Å². The molecule has 2 unspecified atom stereocenters. The lowest BCUT2D eigenvalue weighted by Crippen LogP contribution is -2.41. The zero-order chi connectivity index (χ0) is 15.2. The Hall–Kier alpha value is -2.13. The first-order valence-electron chi connectivity index (χ1n) is 7.25. The average Bonchev–Trinajstić information content (AvgIpc) is 2.53. The number of anilines is 1. The van der Waals surface area contributed by atoms with E-state index in [1.54, 1.807) is 0 Å². The Bertz CT molecular complexity index is 566. The maximum absolute atomic E-state index is 12.7. The molecule has 2 aromatic rings. The van der Waals surface area contributed by atoms with E-state index < -0.39 is 0 Å². The minimum absolute atomic E-state index is 0.0556. The summed E-state index contributed by atoms with van der Waals surface area (Å²) in [7, 11) is 0. The van der Waals surface area contributed by atoms with Gasteiger partial charge in [-0.2, -0.15) is 0 Å². The van der Waals surface area contributed by atoms with Crippen molar-refractivity contribution in [3.63, 3.8) is 0 Å². The van der Waals surface area contributed by atoms with E-state index in [0.29, 0.717) is 6.54 Å². The van der Waals surface area contributed by atoms with E-state index in [1.165, 1.54) is 0 Å². The lowest BCUT2D eigenvalue weighted by Gasteiger charge is -2.27. The molecule has 2 N–H and O–H groups in total. The van der Waals surface area contributed by atoms with E-state index in [-0.39, 0.29) is 17.9 Å². The molecule has 3 nitrogen and oxygen atoms in total. The molecule has 1 amide bonds. The van der Waals surface area contributed by atoms with Gasteiger partial charge in [0.1, 0.15) is 0 Å². The molecule has 2 rings (SSSR count). The lowest BCUT2D eigenvalue weighted by atomic mass is 10.0. The highest BCUT2D eigenvalue weighted by Gasteiger charge is 2.24. The van der Waals surface area contributed by atoms with Gasteiger partial charge < -0.3 is 10.6 Å². The Morgan fingerprint density at radius 1 is 1.00 bits per heavy atom. The van der Waals surface area contributed by atoms with Crippen molar-refractivity contribution in [3.8, 4) is 0 Å². The highest BCUT2D eigenvalue weighted by atomic mass is 16.2. The standard InChI is InChI=1S/C18H22N2O/c1-14(15(2)19)18(21)20(17-11-7-4-8-12-17)13-16-9-5-3-6-10-16/h3-12,14-15H,13,19H2,1-2H3. The number of benzene rings is 2. The number of hydrogen-bond acceptors (Lipinski definition) is 2. The third-order valence-electron chi connectivity index (χ3n) is 3.70. The van der Waals surface area contributed by atoms with Crippen molar-refractivity contribution in [1.82, 2.24) is 0 Å². The zero-order valence-corrected chi connectivity index (χ0v) is 12.6. The van der Waals surface area contributed by atoms with Gasteiger partial charge in [-0.25, -0.2) is 0 Å². The minimum Gasteiger partial charge on any atom is -0.327 e. The van der Waals surface area contributed by atoms with Crippen LogP contribution in [-0.2, 0) is 11.3 Å². The molecule has 0 aliphatic rings. The van der Waals surface area contributed by atoms with Crippen LogP contribution in [0.15, 0.2) is 60.7 Å². The fourth-order valence-electron chi connectivity index (χ4n) is 2.14. The summed E-state index contributed by atoms with van der Waals surface area (Å²) in [5.74, 6) is -0.158. The number of carbonyl (C=O) groups excluding carboxylic acids is 1. The zero-order valence-electron chi connectivity index (χ0n) is 12.6. The molecule has 2 atom stereocenters. The van der Waals surface area contributed by atoms with Crippen molar-refractivity contribution < 1.29 is 4.79 Å². The molecular weight excluding hydrogens is 260 g/mol. The Morgan fingerprint density at radius 2 is 1.52 bits per heavy atom. The van der Waals surface area contributed by atoms with E-state index >= 15 is 0 Å². The van der Waals surface area contributed by atoms with Crippen molar-refractivity contribution in [2.75, 3.05) is 4.90 Å². The molecule has 2 aromatic carbocycles. The highest BCUT2D eigenvalue weighted by molar-refractivity contribution is 5.95. The number of para-hydroxylation sites is 1. The largest absolute Gasteiger partial charge is 0.327 e. The van der Waals surface area contributed by atoms with Gasteiger partial charge in [0, 0.05) is 11.7 Å². The molecular formula is C18H22N2O. The van der Waals surface area contributed by atoms with Crippen LogP contribution in [0.4, 0.5) is 5.69 Å². The molecule has 0 aliphatic carbocycles. The van der Waals surface area contributed by atoms with Crippen molar-refractivity contribution in [1.29, 1.82) is 0 Å². The molecule has 110 valence electrons. The molecule has 0 spiro atoms. The first-order chi connectivity index (χ1) is 10.1. The molecule has 0 bridgehead atoms. The third kappa shape index (κ3) is 3.92. The first kappa shape index (κ1) is 15.3. The number of nitrogens with zero attached hydrogens (tertiary/aromatic N) is 1. The van der Waals surface area contributed by atoms with Gasteiger partial charge >= 0.3 is 0 Å². The van der Waals surface area contributed by atoms with Gasteiger partial charge in [0.2, 0.25) is 5.91 Å². The number of nitrogens with two attached hydrogens (primary N) is 1. The van der Waals surface area contributed by atoms with Crippen LogP contribution in [0.1, 0.15) is 19.4 Å². The first-order valence-corrected chi connectivity index (χ1v) is 7.25. The fraction of sp³-hybridized carbons (Fsp3) is 0.278. The summed E-state index contributed by atoms with van der Waals surface area (Å²) in [6.45, 7) is 4.31. The Balaban J connectivity index is 2.29. The van der Waals surface area contributed by atoms with Crippen LogP contribution in [0, 0.1) is 5.92 Å². The van der Waals surface area contributed by atoms with Gasteiger partial charge in [-0.05, 0) is 24.6 Å². The summed E-state index contributed by atoms with van der Waals surface area (Å²) in [4.78, 5) is 14.5. The van der Waals surface area contributed by atoms with Crippen LogP contribution in [0.2, 0.25) is 0 Å². The molecule has 0 heterocycles. The van der Waals surface area contributed by atoms with Crippen LogP contribution in [0.3, 0.4) is 0 Å². The van der Waals surface area contributed by atoms with Gasteiger partial charge in [-0.1, -0.05) is 55.5 Å². The highest BCUT2D eigenvalue weighted by Crippen LogP contribution is 2.20. The normalized spacial score (nSPS) is 13.5. The van der Waals surface area contributed by atoms with Gasteiger partial charge in [-0.15, -0.1) is 0 Å². The number of amides is 1. The predicted octanol–water partition coefficient (Wildman–Crippen LogP) is 3.20. The van der Waals surface area contributed by atoms with Crippen molar-refractivity contribution >= 4 is 11.6 Å². The van der Waals surface area contributed by atoms with Crippen LogP contribution in [0.25, 0.3) is 0 Å². The van der Waals surface area contributed by atoms with E-state index in [0.717, 1.165) is 11.3 Å². The maximum Gasteiger partial charge on any atom is 0.231 e. The molecule has 0 saturated carbocycles. The van der Waals surface area contributed by atoms with Crippen molar-refractivity contribution in [3.05, 3.63) is 66.2 Å². The topological polar surface area (TPSA) is 46.3 Å². The van der Waals surface area contributed by atoms with Gasteiger partial charge in [0.05, 0.1) is 12.5 Å². The number of hydrogen-bond donors (Lipinski definition) is 1. The van der Waals surface area contributed by atoms with Crippen LogP contribution in [-0.4, -0.2) is 11.9 Å². The Labute approximate surface area is 126 Å². The van der Waals surface area contributed by atoms with Crippen molar-refractivity contribution in [2.24, 2.45) is 11.7 Å². The molecule has 0 saturated heterocycles. The summed E-state index contributed by atoms with van der Waals surface area (Å²) in [6.07, 6.45) is 0. The molecule has 0 radical (unpaired) electrons. The van der Waals surface area contributed by atoms with E-state index in [1.807, 2.05) is 79.4 Å². The Morgan fingerprint density at radius 3 is 2.05 bits per heavy atom. The van der Waals surface area contributed by atoms with E-state index in [2.05, 4.69) is 0 Å². The van der Waals surface area contributed by atoms with Gasteiger partial charge in [0.15, 0.2) is 0 Å². The molecule has 3 heteroatoms. The van der Waals surface area contributed by atoms with Crippen LogP contribution in [0.5, 0.6) is 0 Å². The van der Waals surface area contributed by atoms with Gasteiger partial charge in [-0.3, -0.25) is 4.79 Å². The minimum atomic E-state index is -0.214. The van der Waals surface area contributed by atoms with E-state index in [9.17, 15) is 4.79 Å². The molecule has 0 fully saturated rings. The summed E-state index contributed by atoms with van der Waals surface area (Å²) < 4.78 is 0. The lowest BCUT2D eigenvalue weighted by molar-refractivity contribution is -0.122. The van der Waals surface area contributed by atoms with Crippen LogP contribution < -0.4 is 10.6 Å². The fourth-order valence-corrected chi connectivity index (χ4v) is 2.14. The molecule has 21 heavy (non-hydrogen) atoms. The summed E-state index contributed by atoms with van der Waals surface area (Å²) >= 11 is 0. The summed E-state index contributed by atoms with van der Waals surface area (Å²) in [5.41, 5.74) is 7.90. The number of carbonyl (C=O) groups is 1. The average molecular weight is 282 g/mol. The maximum atomic E-state index is 12.7. The second-order valence-electron chi connectivity index (χ2n) is 5.39. The summed E-state index contributed by atoms with van der Waals surface area (Å²) in [6, 6.07) is 19.6. The molecule has 0 aliphatic heterocycles. The van der Waals surface area contributed by atoms with Gasteiger partial charge in [0.25, 0.3) is 0 Å². The second-order valence-corrected chi connectivity index (χ2v) is 5.39. The Kier molecular flexibility index (Phi) is 5.12. The SMILES string of the molecule is CC(N)C(C)C(=O)N(Cc1ccccc1)c1ccccc1. The second kappa shape index (κ2) is 7.04. The van der Waals surface area contributed by atoms with E-state index in [4.69, 9.17) is 5.73 Å². The third-order valence-corrected chi connectivity index (χ3v) is 3.70. The smallest absolute Gasteiger partial charge is 0.231 e. The molecule has 0 aromatic heterocycles. The monoisotopic (exact) mass is 282 g/mol. The predicted molar refractivity (Wildman–Crippen MR) is 86.9 cm³/mol.